The summed E-state index contributed by atoms with van der Waals surface area (Å²) in [6.45, 7) is 3.10. The normalized spacial score (nSPS) is 15.7. The zero-order valence-electron chi connectivity index (χ0n) is 9.64. The average molecular weight is 238 g/mol. The van der Waals surface area contributed by atoms with Crippen molar-refractivity contribution in [2.45, 2.75) is 20.0 Å². The molecule has 1 aromatic carbocycles. The number of aliphatic hydroxyl groups is 1. The molecule has 2 N–H and O–H groups in total. The molecule has 0 spiro atoms. The molecule has 0 radical (unpaired) electrons. The van der Waals surface area contributed by atoms with Gasteiger partial charge in [-0.1, -0.05) is 6.07 Å². The summed E-state index contributed by atoms with van der Waals surface area (Å²) in [7, 11) is 0. The monoisotopic (exact) mass is 238 g/mol. The van der Waals surface area contributed by atoms with Crippen LogP contribution in [0, 0.1) is 5.41 Å². The number of carbonyl (C=O) groups is 1. The van der Waals surface area contributed by atoms with Gasteiger partial charge in [0.05, 0.1) is 11.5 Å². The third-order valence-corrected chi connectivity index (χ3v) is 2.95. The zero-order valence-corrected chi connectivity index (χ0v) is 9.64. The summed E-state index contributed by atoms with van der Waals surface area (Å²) >= 11 is 0. The molecule has 0 aromatic heterocycles. The van der Waals surface area contributed by atoms with Gasteiger partial charge in [-0.05, 0) is 31.5 Å². The smallest absolute Gasteiger partial charge is 0.312 e. The second-order valence-electron chi connectivity index (χ2n) is 4.54. The maximum absolute atomic E-state index is 11.1. The van der Waals surface area contributed by atoms with Gasteiger partial charge in [-0.25, -0.2) is 0 Å². The fourth-order valence-electron chi connectivity index (χ4n) is 1.62. The summed E-state index contributed by atoms with van der Waals surface area (Å²) in [5, 5.41) is 19.1. The van der Waals surface area contributed by atoms with Crippen LogP contribution in [0.4, 0.5) is 0 Å². The molecule has 0 aliphatic carbocycles. The topological polar surface area (TPSA) is 76.0 Å². The molecule has 1 aromatic rings. The van der Waals surface area contributed by atoms with Crippen molar-refractivity contribution in [2.24, 2.45) is 5.41 Å². The van der Waals surface area contributed by atoms with Gasteiger partial charge in [-0.3, -0.25) is 4.79 Å². The molecule has 92 valence electrons. The highest BCUT2D eigenvalue weighted by Gasteiger charge is 2.37. The summed E-state index contributed by atoms with van der Waals surface area (Å²) in [4.78, 5) is 11.1. The first-order valence-electron chi connectivity index (χ1n) is 5.24. The summed E-state index contributed by atoms with van der Waals surface area (Å²) < 4.78 is 10.3. The van der Waals surface area contributed by atoms with E-state index in [2.05, 4.69) is 0 Å². The predicted octanol–water partition coefficient (Wildman–Crippen LogP) is 1.56. The van der Waals surface area contributed by atoms with Crippen LogP contribution in [0.3, 0.4) is 0 Å². The lowest BCUT2D eigenvalue weighted by Gasteiger charge is -2.26. The van der Waals surface area contributed by atoms with Gasteiger partial charge in [0.25, 0.3) is 0 Å². The van der Waals surface area contributed by atoms with Gasteiger partial charge < -0.3 is 19.7 Å². The van der Waals surface area contributed by atoms with E-state index in [1.807, 2.05) is 0 Å². The van der Waals surface area contributed by atoms with Gasteiger partial charge in [0.15, 0.2) is 11.5 Å². The minimum absolute atomic E-state index is 0.150. The first-order chi connectivity index (χ1) is 7.93. The SMILES string of the molecule is CC(C)(C(=O)O)C(O)c1ccc2c(c1)OCO2. The van der Waals surface area contributed by atoms with E-state index < -0.39 is 17.5 Å². The van der Waals surface area contributed by atoms with Gasteiger partial charge in [0, 0.05) is 0 Å². The van der Waals surface area contributed by atoms with Crippen molar-refractivity contribution in [1.82, 2.24) is 0 Å². The molecule has 0 bridgehead atoms. The molecule has 1 heterocycles. The highest BCUT2D eigenvalue weighted by atomic mass is 16.7. The number of fused-ring (bicyclic) bond motifs is 1. The molecule has 1 aliphatic heterocycles. The highest BCUT2D eigenvalue weighted by Crippen LogP contribution is 2.39. The maximum Gasteiger partial charge on any atom is 0.312 e. The molecular weight excluding hydrogens is 224 g/mol. The van der Waals surface area contributed by atoms with Crippen LogP contribution in [-0.4, -0.2) is 23.0 Å². The van der Waals surface area contributed by atoms with E-state index in [-0.39, 0.29) is 6.79 Å². The molecule has 1 unspecified atom stereocenters. The Morgan fingerprint density at radius 1 is 1.35 bits per heavy atom. The van der Waals surface area contributed by atoms with Crippen molar-refractivity contribution in [1.29, 1.82) is 0 Å². The second-order valence-corrected chi connectivity index (χ2v) is 4.54. The van der Waals surface area contributed by atoms with E-state index in [0.29, 0.717) is 17.1 Å². The number of carboxylic acids is 1. The van der Waals surface area contributed by atoms with Gasteiger partial charge in [-0.2, -0.15) is 0 Å². The summed E-state index contributed by atoms with van der Waals surface area (Å²) in [6, 6.07) is 4.92. The molecule has 17 heavy (non-hydrogen) atoms. The van der Waals surface area contributed by atoms with Crippen LogP contribution in [0.15, 0.2) is 18.2 Å². The number of hydrogen-bond acceptors (Lipinski definition) is 4. The van der Waals surface area contributed by atoms with Gasteiger partial charge in [-0.15, -0.1) is 0 Å². The fraction of sp³-hybridized carbons (Fsp3) is 0.417. The molecule has 5 nitrogen and oxygen atoms in total. The van der Waals surface area contributed by atoms with E-state index in [4.69, 9.17) is 14.6 Å². The van der Waals surface area contributed by atoms with E-state index in [1.54, 1.807) is 18.2 Å². The van der Waals surface area contributed by atoms with Crippen LogP contribution in [0.25, 0.3) is 0 Å². The van der Waals surface area contributed by atoms with Crippen molar-refractivity contribution in [3.63, 3.8) is 0 Å². The number of ether oxygens (including phenoxy) is 2. The number of carboxylic acid groups (broad SMARTS) is 1. The lowest BCUT2D eigenvalue weighted by molar-refractivity contribution is -0.153. The molecular formula is C12H14O5. The number of benzene rings is 1. The Kier molecular flexibility index (Phi) is 2.71. The Hall–Kier alpha value is -1.75. The Morgan fingerprint density at radius 2 is 2.00 bits per heavy atom. The number of aliphatic carboxylic acids is 1. The zero-order chi connectivity index (χ0) is 12.6. The Labute approximate surface area is 98.6 Å². The van der Waals surface area contributed by atoms with E-state index >= 15 is 0 Å². The Bertz CT molecular complexity index is 452. The summed E-state index contributed by atoms with van der Waals surface area (Å²) in [5.41, 5.74) is -0.755. The van der Waals surface area contributed by atoms with Crippen molar-refractivity contribution in [3.8, 4) is 11.5 Å². The number of aliphatic hydroxyl groups excluding tert-OH is 1. The molecule has 2 rings (SSSR count). The third kappa shape index (κ3) is 1.93. The third-order valence-electron chi connectivity index (χ3n) is 2.95. The minimum atomic E-state index is -1.26. The van der Waals surface area contributed by atoms with Crippen LogP contribution in [0.5, 0.6) is 11.5 Å². The molecule has 1 aliphatic rings. The van der Waals surface area contributed by atoms with Crippen LogP contribution >= 0.6 is 0 Å². The lowest BCUT2D eigenvalue weighted by Crippen LogP contribution is -2.31. The minimum Gasteiger partial charge on any atom is -0.481 e. The van der Waals surface area contributed by atoms with Crippen LogP contribution in [0.1, 0.15) is 25.5 Å². The first-order valence-corrected chi connectivity index (χ1v) is 5.24. The molecule has 0 saturated heterocycles. The Morgan fingerprint density at radius 3 is 2.65 bits per heavy atom. The second kappa shape index (κ2) is 3.92. The van der Waals surface area contributed by atoms with Crippen LogP contribution in [0.2, 0.25) is 0 Å². The largest absolute Gasteiger partial charge is 0.481 e. The molecule has 1 atom stereocenters. The van der Waals surface area contributed by atoms with Crippen molar-refractivity contribution in [3.05, 3.63) is 23.8 Å². The van der Waals surface area contributed by atoms with E-state index in [1.165, 1.54) is 13.8 Å². The number of rotatable bonds is 3. The van der Waals surface area contributed by atoms with Crippen LogP contribution in [-0.2, 0) is 4.79 Å². The molecule has 0 amide bonds. The highest BCUT2D eigenvalue weighted by molar-refractivity contribution is 5.74. The molecule has 0 fully saturated rings. The summed E-state index contributed by atoms with van der Waals surface area (Å²) in [6.07, 6.45) is -1.10. The predicted molar refractivity (Wildman–Crippen MR) is 58.9 cm³/mol. The maximum atomic E-state index is 11.1. The van der Waals surface area contributed by atoms with E-state index in [9.17, 15) is 9.90 Å². The molecule has 5 heteroatoms. The van der Waals surface area contributed by atoms with Gasteiger partial charge in [0.1, 0.15) is 0 Å². The van der Waals surface area contributed by atoms with Gasteiger partial charge in [0.2, 0.25) is 6.79 Å². The quantitative estimate of drug-likeness (QED) is 0.835. The fourth-order valence-corrected chi connectivity index (χ4v) is 1.62. The lowest BCUT2D eigenvalue weighted by atomic mass is 9.83. The van der Waals surface area contributed by atoms with E-state index in [0.717, 1.165) is 0 Å². The van der Waals surface area contributed by atoms with Crippen molar-refractivity contribution < 1.29 is 24.5 Å². The van der Waals surface area contributed by atoms with Gasteiger partial charge >= 0.3 is 5.97 Å². The van der Waals surface area contributed by atoms with Crippen LogP contribution < -0.4 is 9.47 Å². The van der Waals surface area contributed by atoms with Crippen molar-refractivity contribution in [2.75, 3.05) is 6.79 Å². The first kappa shape index (κ1) is 11.7. The average Bonchev–Trinajstić information content (AvgIpc) is 2.74. The van der Waals surface area contributed by atoms with Crippen molar-refractivity contribution >= 4 is 5.97 Å². The number of hydrogen-bond donors (Lipinski definition) is 2. The summed E-state index contributed by atoms with van der Waals surface area (Å²) in [5.74, 6) is 0.0829. The molecule has 0 saturated carbocycles. The standard InChI is InChI=1S/C12H14O5/c1-12(2,11(14)15)10(13)7-3-4-8-9(5-7)17-6-16-8/h3-5,10,13H,6H2,1-2H3,(H,14,15). The Balaban J connectivity index is 2.32.